The summed E-state index contributed by atoms with van der Waals surface area (Å²) in [6, 6.07) is 9.75. The molecule has 164 valence electrons. The Kier molecular flexibility index (Phi) is 5.45. The summed E-state index contributed by atoms with van der Waals surface area (Å²) in [5, 5.41) is 17.5. The molecule has 0 unspecified atom stereocenters. The van der Waals surface area contributed by atoms with E-state index in [4.69, 9.17) is 4.42 Å². The molecule has 8 nitrogen and oxygen atoms in total. The van der Waals surface area contributed by atoms with Crippen LogP contribution in [-0.4, -0.2) is 42.7 Å². The number of hydrogen-bond acceptors (Lipinski definition) is 6. The second-order valence-corrected chi connectivity index (χ2v) is 8.35. The van der Waals surface area contributed by atoms with Crippen LogP contribution in [0.5, 0.6) is 0 Å². The van der Waals surface area contributed by atoms with Crippen molar-refractivity contribution < 1.29 is 14.3 Å². The van der Waals surface area contributed by atoms with Gasteiger partial charge in [0, 0.05) is 18.7 Å². The Bertz CT molecular complexity index is 1240. The third kappa shape index (κ3) is 4.13. The number of benzene rings is 1. The second kappa shape index (κ2) is 8.55. The van der Waals surface area contributed by atoms with Crippen molar-refractivity contribution in [3.63, 3.8) is 0 Å². The predicted molar refractivity (Wildman–Crippen MR) is 118 cm³/mol. The van der Waals surface area contributed by atoms with Crippen LogP contribution in [0.15, 0.2) is 53.5 Å². The van der Waals surface area contributed by atoms with E-state index in [1.165, 1.54) is 6.33 Å². The number of hydrogen-bond donors (Lipinski definition) is 2. The van der Waals surface area contributed by atoms with Crippen molar-refractivity contribution in [1.29, 1.82) is 0 Å². The molecule has 1 fully saturated rings. The van der Waals surface area contributed by atoms with Gasteiger partial charge >= 0.3 is 0 Å². The number of aliphatic hydroxyl groups is 1. The Morgan fingerprint density at radius 1 is 1.22 bits per heavy atom. The van der Waals surface area contributed by atoms with Crippen LogP contribution in [-0.2, 0) is 6.42 Å². The first-order chi connectivity index (χ1) is 15.6. The Labute approximate surface area is 185 Å². The number of carbonyl (C=O) groups excluding carboxylic acids is 1. The topological polar surface area (TPSA) is 106 Å². The molecule has 0 spiro atoms. The van der Waals surface area contributed by atoms with Crippen molar-refractivity contribution in [3.8, 4) is 11.3 Å². The quantitative estimate of drug-likeness (QED) is 0.502. The smallest absolute Gasteiger partial charge is 0.255 e. The third-order valence-electron chi connectivity index (χ3n) is 6.00. The highest BCUT2D eigenvalue weighted by molar-refractivity contribution is 6.00. The van der Waals surface area contributed by atoms with Gasteiger partial charge in [-0.05, 0) is 36.5 Å². The van der Waals surface area contributed by atoms with Gasteiger partial charge < -0.3 is 14.8 Å². The summed E-state index contributed by atoms with van der Waals surface area (Å²) >= 11 is 0. The molecule has 0 aliphatic heterocycles. The zero-order chi connectivity index (χ0) is 22.1. The number of aliphatic hydroxyl groups excluding tert-OH is 1. The van der Waals surface area contributed by atoms with E-state index in [1.807, 2.05) is 43.5 Å². The van der Waals surface area contributed by atoms with E-state index in [9.17, 15) is 9.90 Å². The number of rotatable bonds is 5. The molecular weight excluding hydrogens is 406 g/mol. The Balaban J connectivity index is 1.38. The molecule has 3 heterocycles. The lowest BCUT2D eigenvalue weighted by molar-refractivity contribution is 0.0718. The summed E-state index contributed by atoms with van der Waals surface area (Å²) in [6.07, 6.45) is 8.62. The molecular formula is C24H25N5O3. The molecule has 8 heteroatoms. The number of amides is 1. The molecule has 0 bridgehead atoms. The van der Waals surface area contributed by atoms with Crippen LogP contribution in [0.1, 0.15) is 53.1 Å². The second-order valence-electron chi connectivity index (χ2n) is 8.35. The highest BCUT2D eigenvalue weighted by atomic mass is 16.3. The van der Waals surface area contributed by atoms with Crippen molar-refractivity contribution in [1.82, 2.24) is 24.9 Å². The Morgan fingerprint density at radius 3 is 2.78 bits per heavy atom. The summed E-state index contributed by atoms with van der Waals surface area (Å²) in [5.41, 5.74) is 4.82. The lowest BCUT2D eigenvalue weighted by Crippen LogP contribution is -2.45. The van der Waals surface area contributed by atoms with E-state index in [1.54, 1.807) is 10.8 Å². The van der Waals surface area contributed by atoms with Crippen molar-refractivity contribution >= 4 is 11.6 Å². The molecule has 32 heavy (non-hydrogen) atoms. The number of nitrogens with zero attached hydrogens (tertiary/aromatic N) is 4. The lowest BCUT2D eigenvalue weighted by atomic mass is 9.92. The Hall–Kier alpha value is -3.52. The molecule has 5 rings (SSSR count). The molecule has 0 radical (unpaired) electrons. The number of carbonyl (C=O) groups is 1. The number of oxazole rings is 1. The molecule has 2 atom stereocenters. The fraction of sp³-hybridized carbons (Fsp3) is 0.333. The van der Waals surface area contributed by atoms with Crippen LogP contribution in [0.3, 0.4) is 0 Å². The summed E-state index contributed by atoms with van der Waals surface area (Å²) in [5.74, 6) is 0.407. The maximum atomic E-state index is 13.1. The van der Waals surface area contributed by atoms with Gasteiger partial charge in [0.25, 0.3) is 5.91 Å². The average molecular weight is 431 g/mol. The van der Waals surface area contributed by atoms with Crippen molar-refractivity contribution in [2.24, 2.45) is 0 Å². The summed E-state index contributed by atoms with van der Waals surface area (Å²) in [4.78, 5) is 21.7. The normalized spacial score (nSPS) is 18.7. The van der Waals surface area contributed by atoms with Gasteiger partial charge in [-0.3, -0.25) is 4.79 Å². The van der Waals surface area contributed by atoms with E-state index in [0.717, 1.165) is 48.1 Å². The first-order valence-electron chi connectivity index (χ1n) is 10.9. The molecule has 3 aromatic heterocycles. The van der Waals surface area contributed by atoms with Crippen LogP contribution in [0.4, 0.5) is 0 Å². The number of aryl methyl sites for hydroxylation is 1. The molecule has 1 saturated carbocycles. The standard InChI is InChI=1S/C24H25N5O3/c1-15-27-21(13-32-15)18-8-6-16(7-9-18)10-17-11-19(23-25-14-26-29(23)12-17)24(31)28-20-4-2-3-5-22(20)30/h6-9,11-14,20,22,30H,2-5,10H2,1H3,(H,28,31)/t20-,22-/m0/s1. The van der Waals surface area contributed by atoms with E-state index in [2.05, 4.69) is 20.4 Å². The van der Waals surface area contributed by atoms with Crippen LogP contribution < -0.4 is 5.32 Å². The lowest BCUT2D eigenvalue weighted by Gasteiger charge is -2.28. The third-order valence-corrected chi connectivity index (χ3v) is 6.00. The minimum Gasteiger partial charge on any atom is -0.449 e. The first-order valence-corrected chi connectivity index (χ1v) is 10.9. The minimum atomic E-state index is -0.503. The average Bonchev–Trinajstić information content (AvgIpc) is 3.44. The van der Waals surface area contributed by atoms with E-state index >= 15 is 0 Å². The maximum Gasteiger partial charge on any atom is 0.255 e. The monoisotopic (exact) mass is 431 g/mol. The van der Waals surface area contributed by atoms with Crippen molar-refractivity contribution in [2.45, 2.75) is 51.2 Å². The molecule has 2 N–H and O–H groups in total. The number of aromatic nitrogens is 4. The van der Waals surface area contributed by atoms with Gasteiger partial charge in [0.15, 0.2) is 11.5 Å². The van der Waals surface area contributed by atoms with Crippen LogP contribution >= 0.6 is 0 Å². The highest BCUT2D eigenvalue weighted by Crippen LogP contribution is 2.22. The molecule has 4 aromatic rings. The molecule has 1 aliphatic rings. The predicted octanol–water partition coefficient (Wildman–Crippen LogP) is 3.32. The number of fused-ring (bicyclic) bond motifs is 1. The molecule has 0 saturated heterocycles. The SMILES string of the molecule is Cc1nc(-c2ccc(Cc3cc(C(=O)N[C@H]4CCCC[C@@H]4O)c4ncnn4c3)cc2)co1. The van der Waals surface area contributed by atoms with E-state index < -0.39 is 6.10 Å². The van der Waals surface area contributed by atoms with Gasteiger partial charge in [0.05, 0.1) is 17.7 Å². The van der Waals surface area contributed by atoms with E-state index in [0.29, 0.717) is 23.5 Å². The van der Waals surface area contributed by atoms with Gasteiger partial charge in [-0.2, -0.15) is 5.10 Å². The molecule has 1 amide bonds. The van der Waals surface area contributed by atoms with Gasteiger partial charge in [0.2, 0.25) is 0 Å². The van der Waals surface area contributed by atoms with Gasteiger partial charge in [-0.15, -0.1) is 0 Å². The highest BCUT2D eigenvalue weighted by Gasteiger charge is 2.26. The number of pyridine rings is 1. The molecule has 1 aromatic carbocycles. The zero-order valence-corrected chi connectivity index (χ0v) is 17.9. The van der Waals surface area contributed by atoms with Crippen LogP contribution in [0.25, 0.3) is 16.9 Å². The summed E-state index contributed by atoms with van der Waals surface area (Å²) < 4.78 is 6.93. The van der Waals surface area contributed by atoms with Gasteiger partial charge in [-0.25, -0.2) is 14.5 Å². The Morgan fingerprint density at radius 2 is 2.03 bits per heavy atom. The summed E-state index contributed by atoms with van der Waals surface area (Å²) in [6.45, 7) is 1.82. The van der Waals surface area contributed by atoms with E-state index in [-0.39, 0.29) is 11.9 Å². The minimum absolute atomic E-state index is 0.226. The largest absolute Gasteiger partial charge is 0.449 e. The molecule has 1 aliphatic carbocycles. The first kappa shape index (κ1) is 20.4. The van der Waals surface area contributed by atoms with Gasteiger partial charge in [0.1, 0.15) is 18.3 Å². The zero-order valence-electron chi connectivity index (χ0n) is 17.9. The van der Waals surface area contributed by atoms with Gasteiger partial charge in [-0.1, -0.05) is 37.1 Å². The fourth-order valence-corrected chi connectivity index (χ4v) is 4.30. The van der Waals surface area contributed by atoms with Crippen molar-refractivity contribution in [3.05, 3.63) is 71.7 Å². The number of nitrogens with one attached hydrogen (secondary N) is 1. The van der Waals surface area contributed by atoms with Crippen LogP contribution in [0, 0.1) is 6.92 Å². The van der Waals surface area contributed by atoms with Crippen molar-refractivity contribution in [2.75, 3.05) is 0 Å². The maximum absolute atomic E-state index is 13.1. The summed E-state index contributed by atoms with van der Waals surface area (Å²) in [7, 11) is 0. The fourth-order valence-electron chi connectivity index (χ4n) is 4.30. The van der Waals surface area contributed by atoms with Crippen LogP contribution in [0.2, 0.25) is 0 Å².